The van der Waals surface area contributed by atoms with Gasteiger partial charge in [0.05, 0.1) is 20.3 Å². The number of rotatable bonds is 5. The summed E-state index contributed by atoms with van der Waals surface area (Å²) in [6.07, 6.45) is 3.67. The number of hydrogen-bond donors (Lipinski definition) is 1. The Bertz CT molecular complexity index is 1040. The predicted molar refractivity (Wildman–Crippen MR) is 128 cm³/mol. The average molecular weight is 467 g/mol. The van der Waals surface area contributed by atoms with Crippen molar-refractivity contribution in [3.8, 4) is 11.5 Å². The number of fused-ring (bicyclic) bond motifs is 3. The molecule has 0 radical (unpaired) electrons. The van der Waals surface area contributed by atoms with Crippen LogP contribution in [0.15, 0.2) is 30.5 Å². The number of aryl methyl sites for hydroxylation is 1. The number of piperidine rings is 1. The molecule has 3 atom stereocenters. The summed E-state index contributed by atoms with van der Waals surface area (Å²) in [6, 6.07) is 8.61. The molecule has 0 aliphatic carbocycles. The summed E-state index contributed by atoms with van der Waals surface area (Å²) in [5, 5.41) is 0. The smallest absolute Gasteiger partial charge is 0.260 e. The number of nitrogens with two attached hydrogens (primary N) is 1. The lowest BCUT2D eigenvalue weighted by Gasteiger charge is -2.46. The summed E-state index contributed by atoms with van der Waals surface area (Å²) in [7, 11) is 1.64. The lowest BCUT2D eigenvalue weighted by atomic mass is 9.79. The second-order valence-corrected chi connectivity index (χ2v) is 9.51. The van der Waals surface area contributed by atoms with Gasteiger partial charge in [0.15, 0.2) is 18.1 Å². The minimum absolute atomic E-state index is 0.000741. The van der Waals surface area contributed by atoms with E-state index in [0.29, 0.717) is 37.8 Å². The van der Waals surface area contributed by atoms with Gasteiger partial charge in [-0.3, -0.25) is 14.7 Å². The van der Waals surface area contributed by atoms with Crippen molar-refractivity contribution in [2.45, 2.75) is 37.8 Å². The third-order valence-corrected chi connectivity index (χ3v) is 7.37. The Labute approximate surface area is 201 Å². The Morgan fingerprint density at radius 1 is 1.21 bits per heavy atom. The van der Waals surface area contributed by atoms with Gasteiger partial charge < -0.3 is 24.8 Å². The molecule has 0 saturated carbocycles. The Balaban J connectivity index is 1.32. The molecule has 1 amide bonds. The molecule has 5 rings (SSSR count). The first kappa shape index (κ1) is 23.1. The number of benzene rings is 1. The fourth-order valence-electron chi connectivity index (χ4n) is 5.46. The fraction of sp³-hybridized carbons (Fsp3) is 0.538. The van der Waals surface area contributed by atoms with E-state index in [-0.39, 0.29) is 30.5 Å². The molecule has 8 heteroatoms. The zero-order chi connectivity index (χ0) is 23.7. The molecule has 1 aromatic heterocycles. The SMILES string of the molecule is COc1cc2c(cc1OCC(=O)N1CCOCC1)CCN1C[C@@H](c3cc(C)ccn3)[C@@H](N)C[C@H]21. The summed E-state index contributed by atoms with van der Waals surface area (Å²) in [6.45, 7) is 6.34. The van der Waals surface area contributed by atoms with Gasteiger partial charge >= 0.3 is 0 Å². The van der Waals surface area contributed by atoms with Crippen LogP contribution in [-0.4, -0.2) is 79.8 Å². The Kier molecular flexibility index (Phi) is 6.72. The first-order valence-electron chi connectivity index (χ1n) is 12.1. The van der Waals surface area contributed by atoms with Gasteiger partial charge in [0.1, 0.15) is 0 Å². The summed E-state index contributed by atoms with van der Waals surface area (Å²) < 4.78 is 16.9. The fourth-order valence-corrected chi connectivity index (χ4v) is 5.46. The Morgan fingerprint density at radius 2 is 2.03 bits per heavy atom. The van der Waals surface area contributed by atoms with Gasteiger partial charge in [-0.15, -0.1) is 0 Å². The number of carbonyl (C=O) groups excluding carboxylic acids is 1. The average Bonchev–Trinajstić information content (AvgIpc) is 2.86. The van der Waals surface area contributed by atoms with Gasteiger partial charge in [0, 0.05) is 56.1 Å². The molecule has 4 heterocycles. The van der Waals surface area contributed by atoms with Crippen LogP contribution in [0.25, 0.3) is 0 Å². The van der Waals surface area contributed by atoms with Crippen molar-refractivity contribution in [2.24, 2.45) is 5.73 Å². The van der Waals surface area contributed by atoms with Crippen LogP contribution in [0.2, 0.25) is 0 Å². The maximum Gasteiger partial charge on any atom is 0.260 e. The van der Waals surface area contributed by atoms with Crippen LogP contribution in [-0.2, 0) is 16.0 Å². The molecule has 8 nitrogen and oxygen atoms in total. The molecule has 0 bridgehead atoms. The van der Waals surface area contributed by atoms with Crippen LogP contribution in [0, 0.1) is 6.92 Å². The molecule has 2 saturated heterocycles. The number of nitrogens with zero attached hydrogens (tertiary/aromatic N) is 3. The molecule has 2 aromatic rings. The highest BCUT2D eigenvalue weighted by Crippen LogP contribution is 2.44. The van der Waals surface area contributed by atoms with E-state index in [9.17, 15) is 4.79 Å². The van der Waals surface area contributed by atoms with Crippen LogP contribution >= 0.6 is 0 Å². The van der Waals surface area contributed by atoms with Crippen molar-refractivity contribution in [2.75, 3.05) is 53.1 Å². The highest BCUT2D eigenvalue weighted by molar-refractivity contribution is 5.78. The van der Waals surface area contributed by atoms with Crippen LogP contribution in [0.1, 0.15) is 40.8 Å². The number of methoxy groups -OCH3 is 1. The third-order valence-electron chi connectivity index (χ3n) is 7.37. The standard InChI is InChI=1S/C26H34N4O4/c1-17-3-5-28-22(11-17)20-15-30-6-4-18-12-25(34-16-26(31)29-7-9-33-10-8-29)24(32-2)13-19(18)23(30)14-21(20)27/h3,5,11-13,20-21,23H,4,6-10,14-16,27H2,1-2H3/t20-,21+,23-/m1/s1. The second-order valence-electron chi connectivity index (χ2n) is 9.51. The Morgan fingerprint density at radius 3 is 2.79 bits per heavy atom. The maximum absolute atomic E-state index is 12.5. The second kappa shape index (κ2) is 9.90. The number of carbonyl (C=O) groups is 1. The normalized spacial score (nSPS) is 24.8. The predicted octanol–water partition coefficient (Wildman–Crippen LogP) is 2.05. The van der Waals surface area contributed by atoms with Crippen LogP contribution in [0.5, 0.6) is 11.5 Å². The van der Waals surface area contributed by atoms with Gasteiger partial charge in [0.2, 0.25) is 0 Å². The van der Waals surface area contributed by atoms with E-state index in [4.69, 9.17) is 19.9 Å². The third kappa shape index (κ3) is 4.62. The molecule has 0 spiro atoms. The maximum atomic E-state index is 12.5. The van der Waals surface area contributed by atoms with E-state index in [1.807, 2.05) is 12.3 Å². The van der Waals surface area contributed by atoms with Crippen molar-refractivity contribution in [3.63, 3.8) is 0 Å². The monoisotopic (exact) mass is 466 g/mol. The number of ether oxygens (including phenoxy) is 3. The van der Waals surface area contributed by atoms with Gasteiger partial charge in [0.25, 0.3) is 5.91 Å². The molecule has 3 aliphatic rings. The van der Waals surface area contributed by atoms with Crippen molar-refractivity contribution >= 4 is 5.91 Å². The first-order chi connectivity index (χ1) is 16.5. The molecule has 182 valence electrons. The van der Waals surface area contributed by atoms with E-state index in [1.165, 1.54) is 16.7 Å². The van der Waals surface area contributed by atoms with Crippen LogP contribution in [0.3, 0.4) is 0 Å². The number of amides is 1. The highest BCUT2D eigenvalue weighted by Gasteiger charge is 2.39. The lowest BCUT2D eigenvalue weighted by molar-refractivity contribution is -0.137. The Hall–Kier alpha value is -2.68. The zero-order valence-corrected chi connectivity index (χ0v) is 20.0. The van der Waals surface area contributed by atoms with Crippen molar-refractivity contribution in [1.29, 1.82) is 0 Å². The van der Waals surface area contributed by atoms with Gasteiger partial charge in [-0.25, -0.2) is 0 Å². The molecular weight excluding hydrogens is 432 g/mol. The molecular formula is C26H34N4O4. The number of pyridine rings is 1. The highest BCUT2D eigenvalue weighted by atomic mass is 16.5. The van der Waals surface area contributed by atoms with E-state index in [2.05, 4.69) is 35.0 Å². The summed E-state index contributed by atoms with van der Waals surface area (Å²) in [4.78, 5) is 21.5. The number of aromatic nitrogens is 1. The lowest BCUT2D eigenvalue weighted by Crippen LogP contribution is -2.50. The van der Waals surface area contributed by atoms with Gasteiger partial charge in [-0.2, -0.15) is 0 Å². The summed E-state index contributed by atoms with van der Waals surface area (Å²) in [5.74, 6) is 1.49. The number of hydrogen-bond acceptors (Lipinski definition) is 7. The molecule has 0 unspecified atom stereocenters. The summed E-state index contributed by atoms with van der Waals surface area (Å²) >= 11 is 0. The largest absolute Gasteiger partial charge is 0.493 e. The molecule has 1 aromatic carbocycles. The summed E-state index contributed by atoms with van der Waals surface area (Å²) in [5.41, 5.74) is 11.5. The van der Waals surface area contributed by atoms with E-state index < -0.39 is 0 Å². The molecule has 2 N–H and O–H groups in total. The first-order valence-corrected chi connectivity index (χ1v) is 12.1. The minimum atomic E-state index is -0.0247. The van der Waals surface area contributed by atoms with Crippen molar-refractivity contribution in [1.82, 2.24) is 14.8 Å². The molecule has 3 aliphatic heterocycles. The quantitative estimate of drug-likeness (QED) is 0.721. The zero-order valence-electron chi connectivity index (χ0n) is 20.0. The van der Waals surface area contributed by atoms with E-state index in [1.54, 1.807) is 12.0 Å². The van der Waals surface area contributed by atoms with E-state index >= 15 is 0 Å². The van der Waals surface area contributed by atoms with E-state index in [0.717, 1.165) is 31.6 Å². The van der Waals surface area contributed by atoms with Crippen molar-refractivity contribution < 1.29 is 19.0 Å². The van der Waals surface area contributed by atoms with Crippen molar-refractivity contribution in [3.05, 3.63) is 52.8 Å². The van der Waals surface area contributed by atoms with Crippen LogP contribution in [0.4, 0.5) is 0 Å². The number of morpholine rings is 1. The minimum Gasteiger partial charge on any atom is -0.493 e. The molecule has 2 fully saturated rings. The van der Waals surface area contributed by atoms with Gasteiger partial charge in [-0.05, 0) is 60.7 Å². The van der Waals surface area contributed by atoms with Gasteiger partial charge in [-0.1, -0.05) is 0 Å². The molecule has 34 heavy (non-hydrogen) atoms. The van der Waals surface area contributed by atoms with Crippen LogP contribution < -0.4 is 15.2 Å². The topological polar surface area (TPSA) is 90.1 Å².